The van der Waals surface area contributed by atoms with Crippen molar-refractivity contribution in [3.05, 3.63) is 78.6 Å². The van der Waals surface area contributed by atoms with Crippen molar-refractivity contribution in [2.75, 3.05) is 6.61 Å². The first-order valence-electron chi connectivity index (χ1n) is 8.79. The maximum absolute atomic E-state index is 13.1. The first-order chi connectivity index (χ1) is 12.6. The molecule has 2 atom stereocenters. The lowest BCUT2D eigenvalue weighted by Gasteiger charge is -2.40. The second-order valence-electron chi connectivity index (χ2n) is 6.64. The molecular weight excluding hydrogens is 331 g/mol. The molecule has 0 aliphatic carbocycles. The van der Waals surface area contributed by atoms with E-state index in [0.29, 0.717) is 13.2 Å². The first-order valence-corrected chi connectivity index (χ1v) is 8.79. The first kappa shape index (κ1) is 16.9. The highest BCUT2D eigenvalue weighted by molar-refractivity contribution is 5.63. The SMILES string of the molecule is CC1CCOC(Cn2ccnc2)(c2ccc(-c3ccc(F)cc3)cc2)O1. The third-order valence-corrected chi connectivity index (χ3v) is 4.70. The van der Waals surface area contributed by atoms with E-state index < -0.39 is 5.79 Å². The van der Waals surface area contributed by atoms with Crippen LogP contribution in [-0.4, -0.2) is 22.3 Å². The van der Waals surface area contributed by atoms with Gasteiger partial charge in [0.25, 0.3) is 0 Å². The van der Waals surface area contributed by atoms with Gasteiger partial charge >= 0.3 is 0 Å². The molecular formula is C21H21FN2O2. The van der Waals surface area contributed by atoms with E-state index in [1.54, 1.807) is 24.7 Å². The normalized spacial score (nSPS) is 23.1. The quantitative estimate of drug-likeness (QED) is 0.700. The van der Waals surface area contributed by atoms with Crippen LogP contribution in [0.25, 0.3) is 11.1 Å². The zero-order valence-corrected chi connectivity index (χ0v) is 14.6. The average molecular weight is 352 g/mol. The van der Waals surface area contributed by atoms with Crippen molar-refractivity contribution in [3.8, 4) is 11.1 Å². The minimum Gasteiger partial charge on any atom is -0.344 e. The number of aromatic nitrogens is 2. The molecule has 0 bridgehead atoms. The van der Waals surface area contributed by atoms with Gasteiger partial charge in [0.2, 0.25) is 5.79 Å². The van der Waals surface area contributed by atoms with Gasteiger partial charge in [-0.15, -0.1) is 0 Å². The van der Waals surface area contributed by atoms with Gasteiger partial charge in [0, 0.05) is 18.0 Å². The van der Waals surface area contributed by atoms with Gasteiger partial charge in [0.1, 0.15) is 5.82 Å². The van der Waals surface area contributed by atoms with Crippen LogP contribution in [0.4, 0.5) is 4.39 Å². The largest absolute Gasteiger partial charge is 0.344 e. The smallest absolute Gasteiger partial charge is 0.213 e. The summed E-state index contributed by atoms with van der Waals surface area (Å²) in [6.45, 7) is 3.25. The van der Waals surface area contributed by atoms with Crippen LogP contribution in [-0.2, 0) is 21.8 Å². The maximum atomic E-state index is 13.1. The standard InChI is InChI=1S/C21H21FN2O2/c1-16-10-13-25-21(26-16,14-24-12-11-23-15-24)19-6-2-17(3-7-19)18-4-8-20(22)9-5-18/h2-9,11-12,15-16H,10,13-14H2,1H3. The lowest BCUT2D eigenvalue weighted by Crippen LogP contribution is -2.44. The number of hydrogen-bond donors (Lipinski definition) is 0. The van der Waals surface area contributed by atoms with Crippen LogP contribution in [0.2, 0.25) is 0 Å². The van der Waals surface area contributed by atoms with Gasteiger partial charge in [-0.3, -0.25) is 0 Å². The van der Waals surface area contributed by atoms with E-state index in [4.69, 9.17) is 9.47 Å². The molecule has 4 rings (SSSR count). The highest BCUT2D eigenvalue weighted by atomic mass is 19.1. The molecule has 1 aliphatic rings. The van der Waals surface area contributed by atoms with E-state index in [2.05, 4.69) is 11.9 Å². The van der Waals surface area contributed by atoms with Crippen molar-refractivity contribution >= 4 is 0 Å². The Labute approximate surface area is 152 Å². The van der Waals surface area contributed by atoms with Gasteiger partial charge < -0.3 is 14.0 Å². The Kier molecular flexibility index (Phi) is 4.57. The summed E-state index contributed by atoms with van der Waals surface area (Å²) in [6.07, 6.45) is 6.40. The van der Waals surface area contributed by atoms with Gasteiger partial charge in [-0.05, 0) is 36.6 Å². The predicted molar refractivity (Wildman–Crippen MR) is 96.9 cm³/mol. The van der Waals surface area contributed by atoms with Crippen LogP contribution in [0.15, 0.2) is 67.3 Å². The number of imidazole rings is 1. The Morgan fingerprint density at radius 1 is 1.12 bits per heavy atom. The summed E-state index contributed by atoms with van der Waals surface area (Å²) in [5.74, 6) is -1.07. The summed E-state index contributed by atoms with van der Waals surface area (Å²) < 4.78 is 27.5. The molecule has 4 nitrogen and oxygen atoms in total. The summed E-state index contributed by atoms with van der Waals surface area (Å²) in [6, 6.07) is 14.6. The van der Waals surface area contributed by atoms with Crippen molar-refractivity contribution in [3.63, 3.8) is 0 Å². The van der Waals surface area contributed by atoms with Crippen molar-refractivity contribution in [1.82, 2.24) is 9.55 Å². The minimum absolute atomic E-state index is 0.115. The van der Waals surface area contributed by atoms with Crippen LogP contribution in [0.3, 0.4) is 0 Å². The summed E-state index contributed by atoms with van der Waals surface area (Å²) in [7, 11) is 0. The summed E-state index contributed by atoms with van der Waals surface area (Å²) in [5.41, 5.74) is 2.96. The molecule has 134 valence electrons. The van der Waals surface area contributed by atoms with Crippen molar-refractivity contribution in [1.29, 1.82) is 0 Å². The van der Waals surface area contributed by atoms with E-state index in [1.165, 1.54) is 12.1 Å². The molecule has 0 amide bonds. The molecule has 1 saturated heterocycles. The number of rotatable bonds is 4. The van der Waals surface area contributed by atoms with Crippen LogP contribution < -0.4 is 0 Å². The molecule has 1 aromatic heterocycles. The number of nitrogens with zero attached hydrogens (tertiary/aromatic N) is 2. The van der Waals surface area contributed by atoms with Gasteiger partial charge in [0.15, 0.2) is 0 Å². The highest BCUT2D eigenvalue weighted by Gasteiger charge is 2.39. The van der Waals surface area contributed by atoms with Gasteiger partial charge in [-0.25, -0.2) is 9.37 Å². The summed E-state index contributed by atoms with van der Waals surface area (Å²) in [5, 5.41) is 0. The molecule has 1 fully saturated rings. The fourth-order valence-corrected chi connectivity index (χ4v) is 3.31. The number of ether oxygens (including phenoxy) is 2. The molecule has 0 saturated carbocycles. The zero-order chi connectivity index (χ0) is 18.0. The van der Waals surface area contributed by atoms with E-state index in [9.17, 15) is 4.39 Å². The highest BCUT2D eigenvalue weighted by Crippen LogP contribution is 2.36. The Morgan fingerprint density at radius 2 is 1.81 bits per heavy atom. The van der Waals surface area contributed by atoms with Crippen LogP contribution in [0, 0.1) is 5.82 Å². The molecule has 26 heavy (non-hydrogen) atoms. The monoisotopic (exact) mass is 352 g/mol. The lowest BCUT2D eigenvalue weighted by molar-refractivity contribution is -0.306. The Balaban J connectivity index is 1.66. The minimum atomic E-state index is -0.834. The van der Waals surface area contributed by atoms with Gasteiger partial charge in [0.05, 0.1) is 25.6 Å². The van der Waals surface area contributed by atoms with Crippen molar-refractivity contribution < 1.29 is 13.9 Å². The Bertz CT molecular complexity index is 847. The molecule has 0 N–H and O–H groups in total. The maximum Gasteiger partial charge on any atom is 0.213 e. The average Bonchev–Trinajstić information content (AvgIpc) is 3.15. The number of hydrogen-bond acceptors (Lipinski definition) is 3. The molecule has 5 heteroatoms. The number of halogens is 1. The third-order valence-electron chi connectivity index (χ3n) is 4.70. The zero-order valence-electron chi connectivity index (χ0n) is 14.6. The van der Waals surface area contributed by atoms with Crippen molar-refractivity contribution in [2.24, 2.45) is 0 Å². The molecule has 3 aromatic rings. The third kappa shape index (κ3) is 3.41. The van der Waals surface area contributed by atoms with E-state index in [0.717, 1.165) is 23.1 Å². The Morgan fingerprint density at radius 3 is 2.42 bits per heavy atom. The fourth-order valence-electron chi connectivity index (χ4n) is 3.31. The molecule has 2 unspecified atom stereocenters. The topological polar surface area (TPSA) is 36.3 Å². The summed E-state index contributed by atoms with van der Waals surface area (Å²) >= 11 is 0. The van der Waals surface area contributed by atoms with E-state index in [-0.39, 0.29) is 11.9 Å². The van der Waals surface area contributed by atoms with Crippen LogP contribution >= 0.6 is 0 Å². The van der Waals surface area contributed by atoms with Crippen LogP contribution in [0.5, 0.6) is 0 Å². The fraction of sp³-hybridized carbons (Fsp3) is 0.286. The van der Waals surface area contributed by atoms with Gasteiger partial charge in [-0.2, -0.15) is 0 Å². The Hall–Kier alpha value is -2.50. The van der Waals surface area contributed by atoms with Crippen molar-refractivity contribution in [2.45, 2.75) is 31.8 Å². The van der Waals surface area contributed by atoms with Gasteiger partial charge in [-0.1, -0.05) is 36.4 Å². The van der Waals surface area contributed by atoms with E-state index in [1.807, 2.05) is 35.0 Å². The lowest BCUT2D eigenvalue weighted by atomic mass is 9.98. The molecule has 2 aromatic carbocycles. The second-order valence-corrected chi connectivity index (χ2v) is 6.64. The molecule has 1 aliphatic heterocycles. The number of benzene rings is 2. The predicted octanol–water partition coefficient (Wildman–Crippen LogP) is 4.37. The molecule has 0 spiro atoms. The van der Waals surface area contributed by atoms with Crippen LogP contribution in [0.1, 0.15) is 18.9 Å². The van der Waals surface area contributed by atoms with E-state index >= 15 is 0 Å². The molecule has 2 heterocycles. The molecule has 0 radical (unpaired) electrons. The summed E-state index contributed by atoms with van der Waals surface area (Å²) in [4.78, 5) is 4.11. The second kappa shape index (κ2) is 7.02.